The number of hydrogen-bond acceptors (Lipinski definition) is 6. The predicted octanol–water partition coefficient (Wildman–Crippen LogP) is 1.59. The van der Waals surface area contributed by atoms with Crippen molar-refractivity contribution in [3.8, 4) is 0 Å². The van der Waals surface area contributed by atoms with E-state index in [1.165, 1.54) is 10.6 Å². The van der Waals surface area contributed by atoms with Crippen LogP contribution in [-0.2, 0) is 29.2 Å². The van der Waals surface area contributed by atoms with Gasteiger partial charge >= 0.3 is 5.69 Å². The topological polar surface area (TPSA) is 108 Å². The van der Waals surface area contributed by atoms with Crippen molar-refractivity contribution in [3.63, 3.8) is 0 Å². The van der Waals surface area contributed by atoms with Crippen LogP contribution in [0, 0.1) is 0 Å². The molecule has 0 amide bonds. The van der Waals surface area contributed by atoms with E-state index < -0.39 is 32.4 Å². The molecule has 1 saturated carbocycles. The summed E-state index contributed by atoms with van der Waals surface area (Å²) >= 11 is 0.956. The molecule has 1 aliphatic rings. The molecule has 9 nitrogen and oxygen atoms in total. The van der Waals surface area contributed by atoms with Crippen molar-refractivity contribution in [2.24, 2.45) is 7.05 Å². The molecule has 0 unspecified atom stereocenters. The molecule has 1 fully saturated rings. The van der Waals surface area contributed by atoms with Gasteiger partial charge in [0.2, 0.25) is 0 Å². The highest BCUT2D eigenvalue weighted by molar-refractivity contribution is 7.91. The summed E-state index contributed by atoms with van der Waals surface area (Å²) in [7, 11) is -2.03. The van der Waals surface area contributed by atoms with Crippen LogP contribution in [0.5, 0.6) is 0 Å². The molecule has 0 bridgehead atoms. The summed E-state index contributed by atoms with van der Waals surface area (Å²) in [5, 5.41) is 4.31. The zero-order valence-electron chi connectivity index (χ0n) is 17.6. The molecule has 162 valence electrons. The second-order valence-corrected chi connectivity index (χ2v) is 12.1. The SMILES string of the molecule is Cn1cc(Cn2c(=O)c3cc(S(=O)(=O)NC4(C)CC4)sc3n(C(C)(C)C)c2=O)cn1. The quantitative estimate of drug-likeness (QED) is 0.634. The van der Waals surface area contributed by atoms with E-state index in [1.807, 2.05) is 27.7 Å². The number of aryl methyl sites for hydroxylation is 1. The first-order valence-corrected chi connectivity index (χ1v) is 11.9. The Balaban J connectivity index is 1.94. The van der Waals surface area contributed by atoms with Crippen molar-refractivity contribution in [1.29, 1.82) is 0 Å². The number of aromatic nitrogens is 4. The second kappa shape index (κ2) is 6.63. The lowest BCUT2D eigenvalue weighted by Crippen LogP contribution is -2.45. The molecule has 0 aliphatic heterocycles. The summed E-state index contributed by atoms with van der Waals surface area (Å²) in [6.07, 6.45) is 4.89. The second-order valence-electron chi connectivity index (χ2n) is 9.15. The zero-order chi connectivity index (χ0) is 22.1. The monoisotopic (exact) mass is 451 g/mol. The van der Waals surface area contributed by atoms with Gasteiger partial charge in [-0.2, -0.15) is 5.10 Å². The van der Waals surface area contributed by atoms with E-state index in [1.54, 1.807) is 24.1 Å². The van der Waals surface area contributed by atoms with E-state index >= 15 is 0 Å². The van der Waals surface area contributed by atoms with Gasteiger partial charge in [0.25, 0.3) is 15.6 Å². The maximum absolute atomic E-state index is 13.3. The van der Waals surface area contributed by atoms with Gasteiger partial charge in [0.15, 0.2) is 0 Å². The fraction of sp³-hybridized carbons (Fsp3) is 0.526. The average molecular weight is 452 g/mol. The molecule has 0 aromatic carbocycles. The van der Waals surface area contributed by atoms with E-state index in [-0.39, 0.29) is 16.1 Å². The molecule has 3 aromatic rings. The third-order valence-corrected chi connectivity index (χ3v) is 8.44. The van der Waals surface area contributed by atoms with Crippen LogP contribution in [0.1, 0.15) is 46.1 Å². The fourth-order valence-corrected chi connectivity index (χ4v) is 6.48. The standard InChI is InChI=1S/C19H25N5O4S2/c1-18(2,3)24-16-13(8-14(29-16)30(27,28)21-19(4)6-7-19)15(25)23(17(24)26)11-12-9-20-22(5)10-12/h8-10,21H,6-7,11H2,1-5H3. The smallest absolute Gasteiger partial charge is 0.279 e. The van der Waals surface area contributed by atoms with E-state index in [0.717, 1.165) is 28.7 Å². The molecule has 0 atom stereocenters. The molecule has 0 saturated heterocycles. The van der Waals surface area contributed by atoms with Crippen molar-refractivity contribution in [2.45, 2.75) is 62.4 Å². The summed E-state index contributed by atoms with van der Waals surface area (Å²) in [5.74, 6) is 0. The summed E-state index contributed by atoms with van der Waals surface area (Å²) in [6.45, 7) is 7.47. The Labute approximate surface area is 178 Å². The first kappa shape index (κ1) is 21.0. The van der Waals surface area contributed by atoms with Gasteiger partial charge in [-0.05, 0) is 46.6 Å². The zero-order valence-corrected chi connectivity index (χ0v) is 19.2. The van der Waals surface area contributed by atoms with Crippen LogP contribution >= 0.6 is 11.3 Å². The van der Waals surface area contributed by atoms with E-state index in [2.05, 4.69) is 9.82 Å². The third kappa shape index (κ3) is 3.65. The van der Waals surface area contributed by atoms with Crippen LogP contribution < -0.4 is 16.0 Å². The molecule has 30 heavy (non-hydrogen) atoms. The molecule has 3 aromatic heterocycles. The molecule has 11 heteroatoms. The summed E-state index contributed by atoms with van der Waals surface area (Å²) in [4.78, 5) is 26.9. The third-order valence-electron chi connectivity index (χ3n) is 5.21. The van der Waals surface area contributed by atoms with Crippen molar-refractivity contribution < 1.29 is 8.42 Å². The van der Waals surface area contributed by atoms with Crippen LogP contribution in [-0.4, -0.2) is 32.9 Å². The molecular weight excluding hydrogens is 426 g/mol. The maximum atomic E-state index is 13.3. The molecule has 3 heterocycles. The van der Waals surface area contributed by atoms with Gasteiger partial charge < -0.3 is 0 Å². The number of thiophene rings is 1. The lowest BCUT2D eigenvalue weighted by Gasteiger charge is -2.24. The minimum atomic E-state index is -3.79. The predicted molar refractivity (Wildman–Crippen MR) is 116 cm³/mol. The number of hydrogen-bond donors (Lipinski definition) is 1. The van der Waals surface area contributed by atoms with Gasteiger partial charge in [0.05, 0.1) is 18.1 Å². The van der Waals surface area contributed by atoms with E-state index in [4.69, 9.17) is 0 Å². The molecule has 1 aliphatic carbocycles. The van der Waals surface area contributed by atoms with Gasteiger partial charge in [-0.3, -0.25) is 18.6 Å². The van der Waals surface area contributed by atoms with Crippen LogP contribution in [0.3, 0.4) is 0 Å². The first-order chi connectivity index (χ1) is 13.8. The molecular formula is C19H25N5O4S2. The maximum Gasteiger partial charge on any atom is 0.332 e. The molecule has 1 N–H and O–H groups in total. The Morgan fingerprint density at radius 3 is 2.47 bits per heavy atom. The Morgan fingerprint density at radius 1 is 1.27 bits per heavy atom. The summed E-state index contributed by atoms with van der Waals surface area (Å²) in [5.41, 5.74) is -1.35. The van der Waals surface area contributed by atoms with Gasteiger partial charge in [-0.25, -0.2) is 17.9 Å². The number of sulfonamides is 1. The van der Waals surface area contributed by atoms with Gasteiger partial charge in [-0.1, -0.05) is 0 Å². The van der Waals surface area contributed by atoms with Crippen molar-refractivity contribution in [3.05, 3.63) is 44.9 Å². The van der Waals surface area contributed by atoms with Crippen LogP contribution in [0.4, 0.5) is 0 Å². The summed E-state index contributed by atoms with van der Waals surface area (Å²) in [6, 6.07) is 1.39. The van der Waals surface area contributed by atoms with E-state index in [0.29, 0.717) is 10.4 Å². The number of nitrogens with zero attached hydrogens (tertiary/aromatic N) is 4. The number of nitrogens with one attached hydrogen (secondary N) is 1. The highest BCUT2D eigenvalue weighted by atomic mass is 32.2. The largest absolute Gasteiger partial charge is 0.332 e. The van der Waals surface area contributed by atoms with Crippen LogP contribution in [0.15, 0.2) is 32.3 Å². The first-order valence-electron chi connectivity index (χ1n) is 9.62. The minimum absolute atomic E-state index is 0.0410. The average Bonchev–Trinajstić information content (AvgIpc) is 3.01. The number of fused-ring (bicyclic) bond motifs is 1. The Morgan fingerprint density at radius 2 is 1.93 bits per heavy atom. The van der Waals surface area contributed by atoms with Crippen molar-refractivity contribution in [1.82, 2.24) is 23.6 Å². The lowest BCUT2D eigenvalue weighted by atomic mass is 10.1. The number of rotatable bonds is 5. The Hall–Kier alpha value is -2.24. The highest BCUT2D eigenvalue weighted by Crippen LogP contribution is 2.37. The molecule has 0 spiro atoms. The van der Waals surface area contributed by atoms with Gasteiger partial charge in [0, 0.05) is 29.9 Å². The molecule has 4 rings (SSSR count). The Kier molecular flexibility index (Phi) is 4.64. The van der Waals surface area contributed by atoms with E-state index in [9.17, 15) is 18.0 Å². The van der Waals surface area contributed by atoms with Gasteiger partial charge in [-0.15, -0.1) is 11.3 Å². The van der Waals surface area contributed by atoms with Crippen molar-refractivity contribution in [2.75, 3.05) is 0 Å². The van der Waals surface area contributed by atoms with Gasteiger partial charge in [0.1, 0.15) is 9.04 Å². The van der Waals surface area contributed by atoms with Crippen molar-refractivity contribution >= 4 is 31.6 Å². The fourth-order valence-electron chi connectivity index (χ4n) is 3.38. The normalized spacial score (nSPS) is 16.3. The minimum Gasteiger partial charge on any atom is -0.279 e. The van der Waals surface area contributed by atoms with Crippen LogP contribution in [0.25, 0.3) is 10.2 Å². The highest BCUT2D eigenvalue weighted by Gasteiger charge is 2.42. The van der Waals surface area contributed by atoms with Crippen LogP contribution in [0.2, 0.25) is 0 Å². The Bertz CT molecular complexity index is 1360. The molecule has 0 radical (unpaired) electrons. The summed E-state index contributed by atoms with van der Waals surface area (Å²) < 4.78 is 32.8. The lowest BCUT2D eigenvalue weighted by molar-refractivity contribution is 0.381.